The fourth-order valence-corrected chi connectivity index (χ4v) is 2.39. The van der Waals surface area contributed by atoms with Crippen molar-refractivity contribution in [3.63, 3.8) is 0 Å². The average Bonchev–Trinajstić information content (AvgIpc) is 2.97. The molecule has 2 aromatic heterocycles. The van der Waals surface area contributed by atoms with Gasteiger partial charge >= 0.3 is 0 Å². The maximum atomic E-state index is 12.0. The molecule has 0 amide bonds. The van der Waals surface area contributed by atoms with Gasteiger partial charge in [0.05, 0.1) is 6.54 Å². The van der Waals surface area contributed by atoms with E-state index in [1.807, 2.05) is 6.92 Å². The second-order valence-corrected chi connectivity index (χ2v) is 5.83. The third-order valence-electron chi connectivity index (χ3n) is 2.50. The maximum Gasteiger partial charge on any atom is 0.242 e. The minimum Gasteiger partial charge on any atom is -0.370 e. The number of rotatable bonds is 7. The number of nitrogens with one attached hydrogen (secondary N) is 3. The van der Waals surface area contributed by atoms with Crippen LogP contribution in [0.4, 0.5) is 5.82 Å². The molecule has 0 saturated heterocycles. The minimum absolute atomic E-state index is 0.0537. The lowest BCUT2D eigenvalue weighted by molar-refractivity contribution is 0.579. The zero-order valence-electron chi connectivity index (χ0n) is 11.0. The summed E-state index contributed by atoms with van der Waals surface area (Å²) in [5.74, 6) is 1.10. The van der Waals surface area contributed by atoms with Gasteiger partial charge in [0.15, 0.2) is 0 Å². The molecular weight excluding hydrogens is 280 g/mol. The standard InChI is InChI=1S/C11H16N6O2S/c1-2-5-12-10-4-3-9(6-13-10)20(18,19)16-7-11-14-8-15-17-11/h3-4,6,8,16H,2,5,7H2,1H3,(H,12,13)(H,14,15,17). The van der Waals surface area contributed by atoms with Crippen LogP contribution in [0.15, 0.2) is 29.6 Å². The van der Waals surface area contributed by atoms with Crippen molar-refractivity contribution < 1.29 is 8.42 Å². The van der Waals surface area contributed by atoms with Crippen molar-refractivity contribution in [2.75, 3.05) is 11.9 Å². The minimum atomic E-state index is -3.60. The molecule has 0 aliphatic rings. The largest absolute Gasteiger partial charge is 0.370 e. The van der Waals surface area contributed by atoms with E-state index in [0.717, 1.165) is 13.0 Å². The highest BCUT2D eigenvalue weighted by molar-refractivity contribution is 7.89. The van der Waals surface area contributed by atoms with E-state index in [1.165, 1.54) is 18.6 Å². The lowest BCUT2D eigenvalue weighted by Gasteiger charge is -2.07. The highest BCUT2D eigenvalue weighted by Gasteiger charge is 2.14. The molecule has 0 unspecified atom stereocenters. The Bertz CT molecular complexity index is 623. The lowest BCUT2D eigenvalue weighted by atomic mass is 10.4. The molecule has 0 aliphatic carbocycles. The molecular formula is C11H16N6O2S. The molecule has 3 N–H and O–H groups in total. The summed E-state index contributed by atoms with van der Waals surface area (Å²) in [6, 6.07) is 3.15. The van der Waals surface area contributed by atoms with E-state index in [2.05, 4.69) is 30.2 Å². The predicted molar refractivity (Wildman–Crippen MR) is 73.4 cm³/mol. The summed E-state index contributed by atoms with van der Waals surface area (Å²) in [5, 5.41) is 9.30. The zero-order valence-corrected chi connectivity index (χ0v) is 11.8. The normalized spacial score (nSPS) is 11.4. The van der Waals surface area contributed by atoms with Gasteiger partial charge < -0.3 is 5.32 Å². The maximum absolute atomic E-state index is 12.0. The summed E-state index contributed by atoms with van der Waals surface area (Å²) in [4.78, 5) is 8.01. The SMILES string of the molecule is CCCNc1ccc(S(=O)(=O)NCc2ncn[nH]2)cn1. The van der Waals surface area contributed by atoms with Crippen LogP contribution < -0.4 is 10.0 Å². The second kappa shape index (κ2) is 6.44. The molecule has 0 fully saturated rings. The number of aromatic nitrogens is 4. The smallest absolute Gasteiger partial charge is 0.242 e. The van der Waals surface area contributed by atoms with Crippen LogP contribution in [-0.4, -0.2) is 35.1 Å². The number of pyridine rings is 1. The van der Waals surface area contributed by atoms with Crippen LogP contribution in [0.2, 0.25) is 0 Å². The summed E-state index contributed by atoms with van der Waals surface area (Å²) in [5.41, 5.74) is 0. The first-order valence-corrected chi connectivity index (χ1v) is 7.64. The van der Waals surface area contributed by atoms with Crippen LogP contribution in [0.5, 0.6) is 0 Å². The first-order chi connectivity index (χ1) is 9.62. The Hall–Kier alpha value is -2.00. The molecule has 108 valence electrons. The first kappa shape index (κ1) is 14.4. The molecule has 8 nitrogen and oxygen atoms in total. The van der Waals surface area contributed by atoms with Crippen molar-refractivity contribution in [3.05, 3.63) is 30.5 Å². The van der Waals surface area contributed by atoms with Crippen molar-refractivity contribution in [2.45, 2.75) is 24.8 Å². The van der Waals surface area contributed by atoms with Crippen LogP contribution in [0.1, 0.15) is 19.2 Å². The van der Waals surface area contributed by atoms with Gasteiger partial charge in [-0.3, -0.25) is 5.10 Å². The van der Waals surface area contributed by atoms with Crippen molar-refractivity contribution in [1.82, 2.24) is 24.9 Å². The summed E-state index contributed by atoms with van der Waals surface area (Å²) in [7, 11) is -3.60. The molecule has 0 saturated carbocycles. The van der Waals surface area contributed by atoms with E-state index in [0.29, 0.717) is 11.6 Å². The Kier molecular flexibility index (Phi) is 4.64. The van der Waals surface area contributed by atoms with Crippen LogP contribution >= 0.6 is 0 Å². The van der Waals surface area contributed by atoms with E-state index in [-0.39, 0.29) is 11.4 Å². The van der Waals surface area contributed by atoms with Crippen LogP contribution in [-0.2, 0) is 16.6 Å². The van der Waals surface area contributed by atoms with Gasteiger partial charge in [-0.15, -0.1) is 0 Å². The fourth-order valence-electron chi connectivity index (χ4n) is 1.46. The quantitative estimate of drug-likeness (QED) is 0.686. The Morgan fingerprint density at radius 3 is 2.75 bits per heavy atom. The molecule has 0 aliphatic heterocycles. The van der Waals surface area contributed by atoms with Gasteiger partial charge in [-0.25, -0.2) is 23.1 Å². The van der Waals surface area contributed by atoms with Crippen molar-refractivity contribution in [2.24, 2.45) is 0 Å². The zero-order chi connectivity index (χ0) is 14.4. The van der Waals surface area contributed by atoms with Crippen molar-refractivity contribution in [1.29, 1.82) is 0 Å². The molecule has 9 heteroatoms. The average molecular weight is 296 g/mol. The van der Waals surface area contributed by atoms with Crippen molar-refractivity contribution >= 4 is 15.8 Å². The molecule has 2 heterocycles. The van der Waals surface area contributed by atoms with Gasteiger partial charge in [-0.2, -0.15) is 5.10 Å². The fraction of sp³-hybridized carbons (Fsp3) is 0.364. The van der Waals surface area contributed by atoms with Gasteiger partial charge in [0, 0.05) is 12.7 Å². The lowest BCUT2D eigenvalue weighted by Crippen LogP contribution is -2.24. The number of anilines is 1. The van der Waals surface area contributed by atoms with E-state index < -0.39 is 10.0 Å². The molecule has 0 aromatic carbocycles. The highest BCUT2D eigenvalue weighted by Crippen LogP contribution is 2.10. The number of nitrogens with zero attached hydrogens (tertiary/aromatic N) is 3. The number of aromatic amines is 1. The van der Waals surface area contributed by atoms with Crippen LogP contribution in [0.3, 0.4) is 0 Å². The molecule has 2 rings (SSSR count). The molecule has 0 spiro atoms. The van der Waals surface area contributed by atoms with Gasteiger partial charge in [0.1, 0.15) is 22.9 Å². The second-order valence-electron chi connectivity index (χ2n) is 4.06. The molecule has 0 atom stereocenters. The van der Waals surface area contributed by atoms with Gasteiger partial charge in [-0.1, -0.05) is 6.92 Å². The van der Waals surface area contributed by atoms with Crippen LogP contribution in [0.25, 0.3) is 0 Å². The van der Waals surface area contributed by atoms with Crippen molar-refractivity contribution in [3.8, 4) is 0 Å². The van der Waals surface area contributed by atoms with Crippen LogP contribution in [0, 0.1) is 0 Å². The van der Waals surface area contributed by atoms with Gasteiger partial charge in [0.25, 0.3) is 0 Å². The number of hydrogen-bond acceptors (Lipinski definition) is 6. The molecule has 0 bridgehead atoms. The monoisotopic (exact) mass is 296 g/mol. The molecule has 2 aromatic rings. The summed E-state index contributed by atoms with van der Waals surface area (Å²) in [6.45, 7) is 2.89. The third-order valence-corrected chi connectivity index (χ3v) is 3.88. The molecule has 0 radical (unpaired) electrons. The number of H-pyrrole nitrogens is 1. The topological polar surface area (TPSA) is 113 Å². The first-order valence-electron chi connectivity index (χ1n) is 6.15. The Labute approximate surface area is 117 Å². The summed E-state index contributed by atoms with van der Waals surface area (Å²) >= 11 is 0. The Balaban J connectivity index is 2.01. The van der Waals surface area contributed by atoms with E-state index in [1.54, 1.807) is 6.07 Å². The number of sulfonamides is 1. The summed E-state index contributed by atoms with van der Waals surface area (Å²) < 4.78 is 26.5. The van der Waals surface area contributed by atoms with Gasteiger partial charge in [-0.05, 0) is 18.6 Å². The molecule has 20 heavy (non-hydrogen) atoms. The number of hydrogen-bond donors (Lipinski definition) is 3. The summed E-state index contributed by atoms with van der Waals surface area (Å²) in [6.07, 6.45) is 3.61. The van der Waals surface area contributed by atoms with Gasteiger partial charge in [0.2, 0.25) is 10.0 Å². The van der Waals surface area contributed by atoms with E-state index in [9.17, 15) is 8.42 Å². The van der Waals surface area contributed by atoms with E-state index >= 15 is 0 Å². The Morgan fingerprint density at radius 2 is 2.15 bits per heavy atom. The Morgan fingerprint density at radius 1 is 1.30 bits per heavy atom. The third kappa shape index (κ3) is 3.75. The van der Waals surface area contributed by atoms with E-state index in [4.69, 9.17) is 0 Å². The predicted octanol–water partition coefficient (Wildman–Crippen LogP) is 0.500. The highest BCUT2D eigenvalue weighted by atomic mass is 32.2.